The van der Waals surface area contributed by atoms with E-state index in [2.05, 4.69) is 5.43 Å². The Morgan fingerprint density at radius 1 is 1.12 bits per heavy atom. The minimum atomic E-state index is -4.03. The van der Waals surface area contributed by atoms with E-state index in [1.165, 1.54) is 43.3 Å². The number of hydrazine groups is 1. The molecule has 0 spiro atoms. The zero-order valence-corrected chi connectivity index (χ0v) is 22.5. The van der Waals surface area contributed by atoms with Gasteiger partial charge >= 0.3 is 12.1 Å². The molecule has 3 rings (SSSR count). The first kappa shape index (κ1) is 30.2. The van der Waals surface area contributed by atoms with E-state index in [1.807, 2.05) is 12.1 Å². The smallest absolute Gasteiger partial charge is 0.340 e. The summed E-state index contributed by atoms with van der Waals surface area (Å²) >= 11 is 0. The largest absolute Gasteiger partial charge is 0.395 e. The third kappa shape index (κ3) is 6.11. The highest BCUT2D eigenvalue weighted by atomic mass is 32.2. The average Bonchev–Trinajstić information content (AvgIpc) is 2.92. The molecule has 4 amide bonds. The van der Waals surface area contributed by atoms with Gasteiger partial charge in [0.1, 0.15) is 12.7 Å². The number of hydrogen-bond acceptors (Lipinski definition) is 9. The van der Waals surface area contributed by atoms with Crippen molar-refractivity contribution in [2.24, 2.45) is 0 Å². The predicted octanol–water partition coefficient (Wildman–Crippen LogP) is 2.12. The number of aliphatic hydroxyl groups is 2. The lowest BCUT2D eigenvalue weighted by Crippen LogP contribution is -2.58. The van der Waals surface area contributed by atoms with Crippen LogP contribution in [-0.2, 0) is 16.5 Å². The number of urea groups is 2. The molecule has 210 valence electrons. The van der Waals surface area contributed by atoms with Gasteiger partial charge < -0.3 is 10.2 Å². The number of amides is 4. The highest BCUT2D eigenvalue weighted by Gasteiger charge is 2.45. The SMILES string of the molecule is CC1=C(C#N)[C@@H](c2ccc(C#N)cc2S(C)(=O)=O)N(C(=O)NN(CCO)CCO)C(=O)N1c1cccc(CF)c1. The van der Waals surface area contributed by atoms with Crippen LogP contribution in [-0.4, -0.2) is 73.2 Å². The Balaban J connectivity index is 2.33. The molecular weight excluding hydrogens is 543 g/mol. The van der Waals surface area contributed by atoms with Crippen LogP contribution in [0.3, 0.4) is 0 Å². The first-order chi connectivity index (χ1) is 19.0. The molecule has 0 fully saturated rings. The molecule has 0 unspecified atom stereocenters. The van der Waals surface area contributed by atoms with Crippen LogP contribution >= 0.6 is 0 Å². The normalized spacial score (nSPS) is 15.7. The molecule has 0 aromatic heterocycles. The molecule has 0 saturated carbocycles. The predicted molar refractivity (Wildman–Crippen MR) is 141 cm³/mol. The molecule has 14 heteroatoms. The molecule has 2 aromatic rings. The number of nitrogens with zero attached hydrogens (tertiary/aromatic N) is 5. The zero-order valence-electron chi connectivity index (χ0n) is 21.7. The van der Waals surface area contributed by atoms with Crippen LogP contribution in [0.15, 0.2) is 58.6 Å². The summed E-state index contributed by atoms with van der Waals surface area (Å²) in [5.74, 6) is 0. The van der Waals surface area contributed by atoms with Gasteiger partial charge in [-0.3, -0.25) is 10.3 Å². The van der Waals surface area contributed by atoms with Gasteiger partial charge in [-0.25, -0.2) is 32.3 Å². The minimum Gasteiger partial charge on any atom is -0.395 e. The molecule has 12 nitrogen and oxygen atoms in total. The van der Waals surface area contributed by atoms with E-state index in [0.29, 0.717) is 4.90 Å². The minimum absolute atomic E-state index is 0.00301. The van der Waals surface area contributed by atoms with Crippen molar-refractivity contribution >= 4 is 27.6 Å². The molecule has 0 bridgehead atoms. The van der Waals surface area contributed by atoms with Gasteiger partial charge in [0.25, 0.3) is 0 Å². The third-order valence-corrected chi connectivity index (χ3v) is 7.30. The number of anilines is 1. The number of hydrogen-bond donors (Lipinski definition) is 3. The van der Waals surface area contributed by atoms with E-state index in [4.69, 9.17) is 0 Å². The van der Waals surface area contributed by atoms with E-state index in [0.717, 1.165) is 22.2 Å². The van der Waals surface area contributed by atoms with E-state index in [9.17, 15) is 43.1 Å². The summed E-state index contributed by atoms with van der Waals surface area (Å²) < 4.78 is 39.0. The Bertz CT molecular complexity index is 1520. The fraction of sp³-hybridized carbons (Fsp3) is 0.308. The Morgan fingerprint density at radius 2 is 1.80 bits per heavy atom. The van der Waals surface area contributed by atoms with Crippen molar-refractivity contribution in [2.75, 3.05) is 37.5 Å². The van der Waals surface area contributed by atoms with Gasteiger partial charge in [0.15, 0.2) is 9.84 Å². The van der Waals surface area contributed by atoms with Crippen LogP contribution in [0, 0.1) is 22.7 Å². The number of imide groups is 1. The van der Waals surface area contributed by atoms with Gasteiger partial charge in [0, 0.05) is 25.0 Å². The molecule has 0 aliphatic carbocycles. The van der Waals surface area contributed by atoms with Gasteiger partial charge in [-0.15, -0.1) is 0 Å². The van der Waals surface area contributed by atoms with E-state index < -0.39 is 47.8 Å². The fourth-order valence-electron chi connectivity index (χ4n) is 4.34. The molecule has 2 aromatic carbocycles. The van der Waals surface area contributed by atoms with Crippen LogP contribution in [0.1, 0.15) is 29.7 Å². The van der Waals surface area contributed by atoms with Crippen molar-refractivity contribution in [2.45, 2.75) is 24.5 Å². The van der Waals surface area contributed by atoms with E-state index >= 15 is 0 Å². The molecule has 3 N–H and O–H groups in total. The summed E-state index contributed by atoms with van der Waals surface area (Å²) in [7, 11) is -4.03. The van der Waals surface area contributed by atoms with Gasteiger partial charge in [-0.05, 0) is 42.3 Å². The number of aliphatic hydroxyl groups excluding tert-OH is 2. The maximum absolute atomic E-state index is 14.0. The van der Waals surface area contributed by atoms with Gasteiger partial charge in [-0.1, -0.05) is 18.2 Å². The number of alkyl halides is 1. The van der Waals surface area contributed by atoms with Crippen molar-refractivity contribution in [3.8, 4) is 12.1 Å². The van der Waals surface area contributed by atoms with Crippen LogP contribution in [0.25, 0.3) is 0 Å². The topological polar surface area (TPSA) is 178 Å². The number of halogens is 1. The number of rotatable bonds is 9. The number of allylic oxidation sites excluding steroid dienone is 1. The van der Waals surface area contributed by atoms with E-state index in [1.54, 1.807) is 0 Å². The fourth-order valence-corrected chi connectivity index (χ4v) is 5.29. The Morgan fingerprint density at radius 3 is 2.35 bits per heavy atom. The summed E-state index contributed by atoms with van der Waals surface area (Å²) in [4.78, 5) is 29.0. The lowest BCUT2D eigenvalue weighted by Gasteiger charge is -2.41. The highest BCUT2D eigenvalue weighted by molar-refractivity contribution is 7.90. The molecule has 1 heterocycles. The second-order valence-corrected chi connectivity index (χ2v) is 10.8. The highest BCUT2D eigenvalue weighted by Crippen LogP contribution is 2.41. The average molecular weight is 571 g/mol. The lowest BCUT2D eigenvalue weighted by molar-refractivity contribution is 0.107. The van der Waals surface area contributed by atoms with Crippen molar-refractivity contribution in [1.29, 1.82) is 10.5 Å². The maximum atomic E-state index is 14.0. The van der Waals surface area contributed by atoms with Crippen LogP contribution in [0.4, 0.5) is 19.7 Å². The second kappa shape index (κ2) is 12.7. The number of carbonyl (C=O) groups is 2. The number of sulfone groups is 1. The van der Waals surface area contributed by atoms with Gasteiger partial charge in [0.2, 0.25) is 0 Å². The quantitative estimate of drug-likeness (QED) is 0.381. The molecule has 1 aliphatic heterocycles. The Labute approximate surface area is 230 Å². The summed E-state index contributed by atoms with van der Waals surface area (Å²) in [6.07, 6.45) is 0.893. The Kier molecular flexibility index (Phi) is 9.57. The number of carbonyl (C=O) groups excluding carboxylic acids is 2. The summed E-state index contributed by atoms with van der Waals surface area (Å²) in [6, 6.07) is 9.73. The van der Waals surface area contributed by atoms with Crippen molar-refractivity contribution < 1.29 is 32.6 Å². The standard InChI is InChI=1S/C26H27FN6O6S/c1-17-22(16-29)24(21-7-6-19(15-28)13-23(21)40(2,38)39)33(25(36)30-31(8-10-34)9-11-35)26(37)32(17)20-5-3-4-18(12-20)14-27/h3-7,12-13,24,34-35H,8-11,14H2,1-2H3,(H,30,36)/t24-/m1/s1. The Hall–Kier alpha value is -4.34. The molecule has 40 heavy (non-hydrogen) atoms. The molecule has 1 aliphatic rings. The number of benzene rings is 2. The molecule has 1 atom stereocenters. The maximum Gasteiger partial charge on any atom is 0.340 e. The zero-order chi connectivity index (χ0) is 29.6. The number of nitrogens with one attached hydrogen (secondary N) is 1. The van der Waals surface area contributed by atoms with Gasteiger partial charge in [0.05, 0.1) is 47.1 Å². The first-order valence-electron chi connectivity index (χ1n) is 11.9. The molecule has 0 radical (unpaired) electrons. The molecule has 0 saturated heterocycles. The summed E-state index contributed by atoms with van der Waals surface area (Å²) in [6.45, 7) is -0.448. The summed E-state index contributed by atoms with van der Waals surface area (Å²) in [5.41, 5.74) is 2.62. The number of nitriles is 2. The lowest BCUT2D eigenvalue weighted by atomic mass is 9.93. The van der Waals surface area contributed by atoms with Crippen molar-refractivity contribution in [1.82, 2.24) is 15.3 Å². The monoisotopic (exact) mass is 570 g/mol. The van der Waals surface area contributed by atoms with Gasteiger partial charge in [-0.2, -0.15) is 10.5 Å². The van der Waals surface area contributed by atoms with Crippen molar-refractivity contribution in [3.63, 3.8) is 0 Å². The van der Waals surface area contributed by atoms with Crippen LogP contribution in [0.5, 0.6) is 0 Å². The van der Waals surface area contributed by atoms with Crippen molar-refractivity contribution in [3.05, 3.63) is 70.4 Å². The molecular formula is C26H27FN6O6S. The second-order valence-electron chi connectivity index (χ2n) is 8.79. The van der Waals surface area contributed by atoms with Crippen LogP contribution < -0.4 is 10.3 Å². The van der Waals surface area contributed by atoms with E-state index in [-0.39, 0.29) is 51.6 Å². The summed E-state index contributed by atoms with van der Waals surface area (Å²) in [5, 5.41) is 39.5. The van der Waals surface area contributed by atoms with Crippen LogP contribution in [0.2, 0.25) is 0 Å². The first-order valence-corrected chi connectivity index (χ1v) is 13.8. The third-order valence-electron chi connectivity index (χ3n) is 6.15.